The fourth-order valence-corrected chi connectivity index (χ4v) is 8.52. The smallest absolute Gasteiger partial charge is 0.261 e. The molecule has 0 aromatic heterocycles. The van der Waals surface area contributed by atoms with E-state index in [0.717, 1.165) is 0 Å². The predicted octanol–water partition coefficient (Wildman–Crippen LogP) is 2.68. The number of hydrogen-bond acceptors (Lipinski definition) is 3. The number of ether oxygens (including phenoxy) is 1. The van der Waals surface area contributed by atoms with Gasteiger partial charge < -0.3 is 14.9 Å². The molecule has 25 heavy (non-hydrogen) atoms. The molecule has 1 heterocycles. The van der Waals surface area contributed by atoms with Gasteiger partial charge >= 0.3 is 0 Å². The molecule has 0 saturated carbocycles. The summed E-state index contributed by atoms with van der Waals surface area (Å²) in [5.41, 5.74) is 6.04. The number of nitrogens with two attached hydrogens (primary N) is 1. The van der Waals surface area contributed by atoms with Gasteiger partial charge in [-0.05, 0) is 22.3 Å². The van der Waals surface area contributed by atoms with Crippen LogP contribution in [0.15, 0.2) is 60.7 Å². The molecule has 2 atom stereocenters. The Morgan fingerprint density at radius 3 is 1.84 bits per heavy atom. The van der Waals surface area contributed by atoms with Crippen LogP contribution in [0, 0.1) is 0 Å². The van der Waals surface area contributed by atoms with Crippen LogP contribution in [-0.2, 0) is 9.16 Å². The van der Waals surface area contributed by atoms with Crippen molar-refractivity contribution in [2.75, 3.05) is 13.2 Å². The molecule has 0 amide bonds. The lowest BCUT2D eigenvalue weighted by atomic mass is 10.0. The zero-order chi connectivity index (χ0) is 18.1. The van der Waals surface area contributed by atoms with Gasteiger partial charge in [0.05, 0.1) is 24.9 Å². The first-order valence-electron chi connectivity index (χ1n) is 8.93. The van der Waals surface area contributed by atoms with Crippen LogP contribution in [-0.4, -0.2) is 33.2 Å². The van der Waals surface area contributed by atoms with E-state index >= 15 is 0 Å². The third-order valence-electron chi connectivity index (χ3n) is 5.15. The zero-order valence-corrected chi connectivity index (χ0v) is 16.7. The zero-order valence-electron chi connectivity index (χ0n) is 15.7. The quantitative estimate of drug-likeness (QED) is 0.858. The molecule has 0 radical (unpaired) electrons. The second-order valence-electron chi connectivity index (χ2n) is 8.29. The first kappa shape index (κ1) is 18.3. The summed E-state index contributed by atoms with van der Waals surface area (Å²) < 4.78 is 12.7. The Balaban J connectivity index is 2.19. The maximum atomic E-state index is 7.04. The van der Waals surface area contributed by atoms with Crippen LogP contribution in [0.5, 0.6) is 0 Å². The third kappa shape index (κ3) is 3.32. The van der Waals surface area contributed by atoms with Gasteiger partial charge in [-0.3, -0.25) is 0 Å². The van der Waals surface area contributed by atoms with Crippen LogP contribution in [0.25, 0.3) is 0 Å². The van der Waals surface area contributed by atoms with Crippen LogP contribution in [0.3, 0.4) is 0 Å². The molecule has 1 aliphatic rings. The monoisotopic (exact) mass is 355 g/mol. The van der Waals surface area contributed by atoms with Crippen molar-refractivity contribution in [1.82, 2.24) is 0 Å². The minimum atomic E-state index is -2.56. The van der Waals surface area contributed by atoms with Crippen molar-refractivity contribution in [1.29, 1.82) is 0 Å². The Morgan fingerprint density at radius 2 is 1.48 bits per heavy atom. The highest BCUT2D eigenvalue weighted by atomic mass is 28.4. The maximum Gasteiger partial charge on any atom is 0.261 e. The van der Waals surface area contributed by atoms with E-state index in [0.29, 0.717) is 13.2 Å². The average molecular weight is 356 g/mol. The van der Waals surface area contributed by atoms with E-state index in [1.807, 2.05) is 6.92 Å². The third-order valence-corrected chi connectivity index (χ3v) is 10.2. The highest BCUT2D eigenvalue weighted by molar-refractivity contribution is 6.99. The van der Waals surface area contributed by atoms with Crippen LogP contribution in [0.1, 0.15) is 27.7 Å². The summed E-state index contributed by atoms with van der Waals surface area (Å²) in [6.07, 6.45) is -0.112. The number of benzene rings is 2. The predicted molar refractivity (Wildman–Crippen MR) is 106 cm³/mol. The van der Waals surface area contributed by atoms with Crippen LogP contribution in [0.2, 0.25) is 5.04 Å². The van der Waals surface area contributed by atoms with Gasteiger partial charge in [-0.15, -0.1) is 0 Å². The van der Waals surface area contributed by atoms with Gasteiger partial charge in [-0.25, -0.2) is 0 Å². The van der Waals surface area contributed by atoms with Gasteiger partial charge in [0.25, 0.3) is 8.32 Å². The average Bonchev–Trinajstić information content (AvgIpc) is 2.91. The molecule has 0 bridgehead atoms. The summed E-state index contributed by atoms with van der Waals surface area (Å²) in [6, 6.07) is 21.3. The molecule has 0 aliphatic carbocycles. The molecule has 1 aliphatic heterocycles. The van der Waals surface area contributed by atoms with Gasteiger partial charge in [0.2, 0.25) is 0 Å². The Bertz CT molecular complexity index is 655. The summed E-state index contributed by atoms with van der Waals surface area (Å²) >= 11 is 0. The van der Waals surface area contributed by atoms with Crippen molar-refractivity contribution in [3.63, 3.8) is 0 Å². The van der Waals surface area contributed by atoms with Gasteiger partial charge in [0, 0.05) is 0 Å². The molecule has 3 rings (SSSR count). The number of rotatable bonds is 4. The van der Waals surface area contributed by atoms with Crippen LogP contribution in [0.4, 0.5) is 0 Å². The van der Waals surface area contributed by atoms with Crippen molar-refractivity contribution in [2.45, 2.75) is 44.4 Å². The first-order valence-corrected chi connectivity index (χ1v) is 10.8. The van der Waals surface area contributed by atoms with Gasteiger partial charge in [0.1, 0.15) is 0 Å². The van der Waals surface area contributed by atoms with E-state index in [1.165, 1.54) is 10.4 Å². The van der Waals surface area contributed by atoms with Crippen molar-refractivity contribution in [2.24, 2.45) is 5.73 Å². The fraction of sp³-hybridized carbons (Fsp3) is 0.429. The van der Waals surface area contributed by atoms with Crippen LogP contribution >= 0.6 is 0 Å². The molecule has 1 saturated heterocycles. The molecular weight excluding hydrogens is 326 g/mol. The second-order valence-corrected chi connectivity index (χ2v) is 12.5. The van der Waals surface area contributed by atoms with E-state index in [-0.39, 0.29) is 11.1 Å². The normalized spacial score (nSPS) is 24.4. The minimum absolute atomic E-state index is 0.0472. The molecule has 4 heteroatoms. The standard InChI is InChI=1S/C21H29NO2Si/c1-20(2,3)25(17-11-7-5-8-12-17,18-13-9-6-10-14-18)24-19-15-23-16-21(19,4)22/h5-14,19H,15-16,22H2,1-4H3. The van der Waals surface area contributed by atoms with E-state index in [2.05, 4.69) is 81.4 Å². The molecule has 134 valence electrons. The van der Waals surface area contributed by atoms with E-state index in [4.69, 9.17) is 14.9 Å². The highest BCUT2D eigenvalue weighted by Crippen LogP contribution is 2.39. The van der Waals surface area contributed by atoms with Crippen molar-refractivity contribution >= 4 is 18.7 Å². The molecule has 2 N–H and O–H groups in total. The van der Waals surface area contributed by atoms with Crippen molar-refractivity contribution in [3.05, 3.63) is 60.7 Å². The lowest BCUT2D eigenvalue weighted by molar-refractivity contribution is 0.126. The summed E-state index contributed by atoms with van der Waals surface area (Å²) in [4.78, 5) is 0. The summed E-state index contributed by atoms with van der Waals surface area (Å²) in [5.74, 6) is 0. The molecule has 3 nitrogen and oxygen atoms in total. The maximum absolute atomic E-state index is 7.04. The Morgan fingerprint density at radius 1 is 1.00 bits per heavy atom. The van der Waals surface area contributed by atoms with E-state index < -0.39 is 13.9 Å². The van der Waals surface area contributed by atoms with Crippen molar-refractivity contribution < 1.29 is 9.16 Å². The minimum Gasteiger partial charge on any atom is -0.400 e. The molecule has 2 aromatic carbocycles. The summed E-state index contributed by atoms with van der Waals surface area (Å²) in [5, 5.41) is 2.50. The lowest BCUT2D eigenvalue weighted by Crippen LogP contribution is -2.70. The second kappa shape index (κ2) is 6.69. The SMILES string of the molecule is CC1(N)COCC1O[Si](c1ccccc1)(c1ccccc1)C(C)(C)C. The van der Waals surface area contributed by atoms with Crippen LogP contribution < -0.4 is 16.1 Å². The lowest BCUT2D eigenvalue weighted by Gasteiger charge is -2.46. The largest absolute Gasteiger partial charge is 0.400 e. The molecule has 0 spiro atoms. The first-order chi connectivity index (χ1) is 11.8. The van der Waals surface area contributed by atoms with Gasteiger partial charge in [-0.2, -0.15) is 0 Å². The topological polar surface area (TPSA) is 44.5 Å². The Labute approximate surface area is 152 Å². The molecule has 2 aromatic rings. The Hall–Kier alpha value is -1.46. The Kier molecular flexibility index (Phi) is 4.90. The summed E-state index contributed by atoms with van der Waals surface area (Å²) in [6.45, 7) is 9.96. The molecule has 2 unspecified atom stereocenters. The van der Waals surface area contributed by atoms with Crippen molar-refractivity contribution in [3.8, 4) is 0 Å². The van der Waals surface area contributed by atoms with Gasteiger partial charge in [-0.1, -0.05) is 81.4 Å². The number of hydrogen-bond donors (Lipinski definition) is 1. The highest BCUT2D eigenvalue weighted by Gasteiger charge is 2.54. The molecular formula is C21H29NO2Si. The van der Waals surface area contributed by atoms with Gasteiger partial charge in [0.15, 0.2) is 0 Å². The fourth-order valence-electron chi connectivity index (χ4n) is 3.74. The van der Waals surface area contributed by atoms with E-state index in [9.17, 15) is 0 Å². The van der Waals surface area contributed by atoms with E-state index in [1.54, 1.807) is 0 Å². The molecule has 1 fully saturated rings. The summed E-state index contributed by atoms with van der Waals surface area (Å²) in [7, 11) is -2.56.